The zero-order valence-electron chi connectivity index (χ0n) is 10.9. The Balaban J connectivity index is 2.33. The summed E-state index contributed by atoms with van der Waals surface area (Å²) in [5, 5.41) is 5.75. The van der Waals surface area contributed by atoms with Crippen molar-refractivity contribution >= 4 is 11.6 Å². The molecule has 0 heterocycles. The van der Waals surface area contributed by atoms with Gasteiger partial charge in [0.25, 0.3) is 0 Å². The largest absolute Gasteiger partial charge is 0.491 e. The topological polar surface area (TPSA) is 59.6 Å². The number of benzene rings is 1. The first-order chi connectivity index (χ1) is 8.76. The van der Waals surface area contributed by atoms with E-state index in [1.807, 2.05) is 31.2 Å². The lowest BCUT2D eigenvalue weighted by molar-refractivity contribution is -0.119. The Kier molecular flexibility index (Phi) is 6.64. The molecule has 0 saturated carbocycles. The van der Waals surface area contributed by atoms with Crippen LogP contribution >= 0.6 is 0 Å². The Labute approximate surface area is 107 Å². The number of hydrogen-bond donors (Lipinski definition) is 2. The van der Waals surface area contributed by atoms with E-state index in [2.05, 4.69) is 10.6 Å². The van der Waals surface area contributed by atoms with Crippen molar-refractivity contribution in [2.45, 2.75) is 6.92 Å². The highest BCUT2D eigenvalue weighted by molar-refractivity contribution is 5.80. The van der Waals surface area contributed by atoms with Gasteiger partial charge in [-0.2, -0.15) is 0 Å². The third-order valence-corrected chi connectivity index (χ3v) is 2.24. The van der Waals surface area contributed by atoms with Crippen molar-refractivity contribution < 1.29 is 14.3 Å². The van der Waals surface area contributed by atoms with E-state index in [1.165, 1.54) is 0 Å². The van der Waals surface area contributed by atoms with Gasteiger partial charge in [-0.1, -0.05) is 0 Å². The third kappa shape index (κ3) is 5.54. The van der Waals surface area contributed by atoms with Gasteiger partial charge in [0.2, 0.25) is 5.91 Å². The van der Waals surface area contributed by atoms with Gasteiger partial charge in [-0.15, -0.1) is 0 Å². The van der Waals surface area contributed by atoms with Crippen molar-refractivity contribution in [3.05, 3.63) is 24.3 Å². The highest BCUT2D eigenvalue weighted by Crippen LogP contribution is 2.15. The smallest absolute Gasteiger partial charge is 0.239 e. The van der Waals surface area contributed by atoms with Crippen molar-refractivity contribution in [3.8, 4) is 5.75 Å². The zero-order chi connectivity index (χ0) is 13.2. The number of amides is 1. The Morgan fingerprint density at radius 1 is 1.22 bits per heavy atom. The number of carbonyl (C=O) groups excluding carboxylic acids is 1. The molecule has 100 valence electrons. The number of likely N-dealkylation sites (N-methyl/N-ethyl adjacent to an activating group) is 1. The molecule has 0 aromatic heterocycles. The van der Waals surface area contributed by atoms with Crippen LogP contribution < -0.4 is 15.4 Å². The summed E-state index contributed by atoms with van der Waals surface area (Å²) in [5.41, 5.74) is 0.889. The first-order valence-corrected chi connectivity index (χ1v) is 5.98. The van der Waals surface area contributed by atoms with Gasteiger partial charge in [0.15, 0.2) is 0 Å². The van der Waals surface area contributed by atoms with Crippen LogP contribution in [0, 0.1) is 0 Å². The first-order valence-electron chi connectivity index (χ1n) is 5.98. The molecule has 1 aromatic rings. The Hall–Kier alpha value is -1.75. The summed E-state index contributed by atoms with van der Waals surface area (Å²) in [6.45, 7) is 3.91. The van der Waals surface area contributed by atoms with Gasteiger partial charge in [-0.3, -0.25) is 4.79 Å². The quantitative estimate of drug-likeness (QED) is 0.684. The van der Waals surface area contributed by atoms with Crippen LogP contribution in [0.5, 0.6) is 5.75 Å². The van der Waals surface area contributed by atoms with Gasteiger partial charge in [-0.25, -0.2) is 0 Å². The summed E-state index contributed by atoms with van der Waals surface area (Å²) in [6, 6.07) is 7.47. The molecule has 5 heteroatoms. The number of rotatable bonds is 8. The second kappa shape index (κ2) is 8.36. The second-order valence-corrected chi connectivity index (χ2v) is 3.67. The maximum Gasteiger partial charge on any atom is 0.239 e. The summed E-state index contributed by atoms with van der Waals surface area (Å²) in [6.07, 6.45) is 0. The third-order valence-electron chi connectivity index (χ3n) is 2.24. The van der Waals surface area contributed by atoms with Crippen molar-refractivity contribution in [3.63, 3.8) is 0 Å². The van der Waals surface area contributed by atoms with E-state index >= 15 is 0 Å². The summed E-state index contributed by atoms with van der Waals surface area (Å²) in [7, 11) is 1.64. The van der Waals surface area contributed by atoms with E-state index in [0.29, 0.717) is 19.8 Å². The SMILES string of the molecule is CCNC(=O)CNc1ccc(OCCOC)cc1. The van der Waals surface area contributed by atoms with Gasteiger partial charge in [0, 0.05) is 19.3 Å². The fourth-order valence-electron chi connectivity index (χ4n) is 1.35. The monoisotopic (exact) mass is 252 g/mol. The van der Waals surface area contributed by atoms with Crippen LogP contribution in [0.2, 0.25) is 0 Å². The molecule has 0 aliphatic heterocycles. The fourth-order valence-corrected chi connectivity index (χ4v) is 1.35. The van der Waals surface area contributed by atoms with E-state index in [4.69, 9.17) is 9.47 Å². The molecular formula is C13H20N2O3. The average molecular weight is 252 g/mol. The van der Waals surface area contributed by atoms with Gasteiger partial charge in [0.1, 0.15) is 12.4 Å². The lowest BCUT2D eigenvalue weighted by Crippen LogP contribution is -2.29. The number of anilines is 1. The van der Waals surface area contributed by atoms with Crippen LogP contribution in [-0.4, -0.2) is 39.3 Å². The lowest BCUT2D eigenvalue weighted by Gasteiger charge is -2.08. The van der Waals surface area contributed by atoms with E-state index < -0.39 is 0 Å². The highest BCUT2D eigenvalue weighted by atomic mass is 16.5. The number of methoxy groups -OCH3 is 1. The number of carbonyl (C=O) groups is 1. The number of ether oxygens (including phenoxy) is 2. The molecule has 1 rings (SSSR count). The van der Waals surface area contributed by atoms with Crippen molar-refractivity contribution in [1.82, 2.24) is 5.32 Å². The minimum atomic E-state index is -0.0158. The maximum absolute atomic E-state index is 11.2. The maximum atomic E-state index is 11.2. The highest BCUT2D eigenvalue weighted by Gasteiger charge is 1.99. The van der Waals surface area contributed by atoms with Crippen LogP contribution in [0.3, 0.4) is 0 Å². The summed E-state index contributed by atoms with van der Waals surface area (Å²) in [4.78, 5) is 11.2. The second-order valence-electron chi connectivity index (χ2n) is 3.67. The predicted molar refractivity (Wildman–Crippen MR) is 71.0 cm³/mol. The fraction of sp³-hybridized carbons (Fsp3) is 0.462. The number of nitrogens with one attached hydrogen (secondary N) is 2. The normalized spacial score (nSPS) is 9.89. The molecule has 0 saturated heterocycles. The molecule has 0 fully saturated rings. The summed E-state index contributed by atoms with van der Waals surface area (Å²) >= 11 is 0. The molecular weight excluding hydrogens is 232 g/mol. The molecule has 1 aromatic carbocycles. The van der Waals surface area contributed by atoms with Crippen LogP contribution in [-0.2, 0) is 9.53 Å². The van der Waals surface area contributed by atoms with Crippen molar-refractivity contribution in [2.24, 2.45) is 0 Å². The van der Waals surface area contributed by atoms with E-state index in [0.717, 1.165) is 11.4 Å². The predicted octanol–water partition coefficient (Wildman–Crippen LogP) is 1.26. The molecule has 0 aliphatic carbocycles. The molecule has 1 amide bonds. The van der Waals surface area contributed by atoms with Crippen LogP contribution in [0.1, 0.15) is 6.92 Å². The van der Waals surface area contributed by atoms with Gasteiger partial charge >= 0.3 is 0 Å². The number of hydrogen-bond acceptors (Lipinski definition) is 4. The van der Waals surface area contributed by atoms with Crippen LogP contribution in [0.15, 0.2) is 24.3 Å². The standard InChI is InChI=1S/C13H20N2O3/c1-3-14-13(16)10-15-11-4-6-12(7-5-11)18-9-8-17-2/h4-7,15H,3,8-10H2,1-2H3,(H,14,16). The molecule has 0 unspecified atom stereocenters. The molecule has 0 bridgehead atoms. The van der Waals surface area contributed by atoms with Gasteiger partial charge < -0.3 is 20.1 Å². The van der Waals surface area contributed by atoms with Crippen LogP contribution in [0.4, 0.5) is 5.69 Å². The summed E-state index contributed by atoms with van der Waals surface area (Å²) in [5.74, 6) is 0.772. The first kappa shape index (κ1) is 14.3. The van der Waals surface area contributed by atoms with Crippen molar-refractivity contribution in [1.29, 1.82) is 0 Å². The molecule has 18 heavy (non-hydrogen) atoms. The van der Waals surface area contributed by atoms with Gasteiger partial charge in [-0.05, 0) is 31.2 Å². The molecule has 0 radical (unpaired) electrons. The molecule has 0 spiro atoms. The zero-order valence-corrected chi connectivity index (χ0v) is 10.9. The Bertz CT molecular complexity index is 352. The average Bonchev–Trinajstić information content (AvgIpc) is 2.38. The van der Waals surface area contributed by atoms with Crippen molar-refractivity contribution in [2.75, 3.05) is 38.7 Å². The molecule has 5 nitrogen and oxygen atoms in total. The lowest BCUT2D eigenvalue weighted by atomic mass is 10.3. The van der Waals surface area contributed by atoms with Crippen LogP contribution in [0.25, 0.3) is 0 Å². The van der Waals surface area contributed by atoms with E-state index in [9.17, 15) is 4.79 Å². The minimum Gasteiger partial charge on any atom is -0.491 e. The van der Waals surface area contributed by atoms with E-state index in [-0.39, 0.29) is 12.5 Å². The minimum absolute atomic E-state index is 0.0158. The Morgan fingerprint density at radius 2 is 1.94 bits per heavy atom. The Morgan fingerprint density at radius 3 is 2.56 bits per heavy atom. The molecule has 0 aliphatic rings. The molecule has 0 atom stereocenters. The summed E-state index contributed by atoms with van der Waals surface area (Å²) < 4.78 is 10.3. The molecule has 2 N–H and O–H groups in total. The van der Waals surface area contributed by atoms with E-state index in [1.54, 1.807) is 7.11 Å². The van der Waals surface area contributed by atoms with Gasteiger partial charge in [0.05, 0.1) is 13.2 Å².